The molecule has 0 bridgehead atoms. The number of benzene rings is 1. The van der Waals surface area contributed by atoms with E-state index in [1.54, 1.807) is 6.07 Å². The summed E-state index contributed by atoms with van der Waals surface area (Å²) < 4.78 is 1.74. The average molecular weight is 404 g/mol. The van der Waals surface area contributed by atoms with Gasteiger partial charge in [0.05, 0.1) is 13.1 Å². The van der Waals surface area contributed by atoms with E-state index in [2.05, 4.69) is 37.2 Å². The van der Waals surface area contributed by atoms with Crippen LogP contribution in [0.5, 0.6) is 0 Å². The first-order valence-electron chi connectivity index (χ1n) is 5.56. The molecule has 6 heteroatoms. The fourth-order valence-corrected chi connectivity index (χ4v) is 4.45. The van der Waals surface area contributed by atoms with Crippen LogP contribution < -0.4 is 11.1 Å². The summed E-state index contributed by atoms with van der Waals surface area (Å²) in [7, 11) is 0. The van der Waals surface area contributed by atoms with Crippen LogP contribution in [0.3, 0.4) is 0 Å². The monoisotopic (exact) mass is 402 g/mol. The highest BCUT2D eigenvalue weighted by atomic mass is 79.9. The highest BCUT2D eigenvalue weighted by Crippen LogP contribution is 2.31. The van der Waals surface area contributed by atoms with Crippen molar-refractivity contribution in [3.8, 4) is 0 Å². The van der Waals surface area contributed by atoms with Crippen LogP contribution in [0.4, 0.5) is 5.69 Å². The Kier molecular flexibility index (Phi) is 4.65. The van der Waals surface area contributed by atoms with Gasteiger partial charge in [-0.15, -0.1) is 11.3 Å². The van der Waals surface area contributed by atoms with E-state index >= 15 is 0 Å². The summed E-state index contributed by atoms with van der Waals surface area (Å²) in [5.74, 6) is -0.101. The molecular weight excluding hydrogens is 392 g/mol. The van der Waals surface area contributed by atoms with Gasteiger partial charge in [0, 0.05) is 12.2 Å². The molecule has 0 aliphatic rings. The zero-order valence-electron chi connectivity index (χ0n) is 10.2. The maximum absolute atomic E-state index is 12.1. The lowest BCUT2D eigenvalue weighted by atomic mass is 10.1. The molecule has 0 aliphatic carbocycles. The number of rotatable bonds is 3. The molecule has 1 heterocycles. The molecule has 0 saturated carbocycles. The Labute approximate surface area is 132 Å². The molecule has 0 fully saturated rings. The number of carbonyl (C=O) groups excluding carboxylic acids is 1. The van der Waals surface area contributed by atoms with Crippen molar-refractivity contribution >= 4 is 54.8 Å². The number of anilines is 1. The van der Waals surface area contributed by atoms with Crippen LogP contribution in [-0.4, -0.2) is 5.91 Å². The van der Waals surface area contributed by atoms with Gasteiger partial charge < -0.3 is 11.1 Å². The third kappa shape index (κ3) is 3.38. The molecule has 0 aliphatic heterocycles. The van der Waals surface area contributed by atoms with Crippen molar-refractivity contribution in [2.24, 2.45) is 0 Å². The Morgan fingerprint density at radius 3 is 2.79 bits per heavy atom. The summed E-state index contributed by atoms with van der Waals surface area (Å²) in [5, 5.41) is 2.90. The second-order valence-corrected chi connectivity index (χ2v) is 7.80. The minimum Gasteiger partial charge on any atom is -0.399 e. The molecule has 19 heavy (non-hydrogen) atoms. The van der Waals surface area contributed by atoms with Crippen LogP contribution in [0, 0.1) is 6.92 Å². The number of nitrogens with one attached hydrogen (secondary N) is 1. The van der Waals surface area contributed by atoms with Gasteiger partial charge in [-0.3, -0.25) is 4.79 Å². The van der Waals surface area contributed by atoms with Crippen molar-refractivity contribution in [3.63, 3.8) is 0 Å². The van der Waals surface area contributed by atoms with Crippen LogP contribution in [-0.2, 0) is 6.54 Å². The van der Waals surface area contributed by atoms with E-state index < -0.39 is 0 Å². The number of thiophene rings is 1. The molecule has 1 aromatic heterocycles. The smallest absolute Gasteiger partial charge is 0.253 e. The molecule has 1 aromatic carbocycles. The van der Waals surface area contributed by atoms with Crippen molar-refractivity contribution in [2.75, 3.05) is 5.73 Å². The Hall–Kier alpha value is -0.850. The second kappa shape index (κ2) is 6.07. The zero-order chi connectivity index (χ0) is 14.0. The van der Waals surface area contributed by atoms with Crippen molar-refractivity contribution in [2.45, 2.75) is 13.5 Å². The van der Waals surface area contributed by atoms with E-state index in [4.69, 9.17) is 5.73 Å². The van der Waals surface area contributed by atoms with Crippen LogP contribution in [0.2, 0.25) is 0 Å². The average Bonchev–Trinajstić information content (AvgIpc) is 2.70. The number of halogens is 2. The molecule has 0 saturated heterocycles. The lowest BCUT2D eigenvalue weighted by molar-refractivity contribution is 0.0950. The third-order valence-electron chi connectivity index (χ3n) is 2.83. The molecule has 3 nitrogen and oxygen atoms in total. The van der Waals surface area contributed by atoms with Gasteiger partial charge in [0.2, 0.25) is 0 Å². The summed E-state index contributed by atoms with van der Waals surface area (Å²) in [4.78, 5) is 12.1. The Morgan fingerprint density at radius 2 is 2.16 bits per heavy atom. The van der Waals surface area contributed by atoms with Crippen molar-refractivity contribution in [1.82, 2.24) is 5.32 Å². The molecule has 100 valence electrons. The van der Waals surface area contributed by atoms with Crippen molar-refractivity contribution in [3.05, 3.63) is 48.5 Å². The van der Waals surface area contributed by atoms with E-state index in [-0.39, 0.29) is 5.91 Å². The highest BCUT2D eigenvalue weighted by Gasteiger charge is 2.13. The molecular formula is C13H12Br2N2OS. The van der Waals surface area contributed by atoms with Gasteiger partial charge in [0.15, 0.2) is 0 Å². The molecule has 3 N–H and O–H groups in total. The Morgan fingerprint density at radius 1 is 1.42 bits per heavy atom. The fourth-order valence-electron chi connectivity index (χ4n) is 1.66. The van der Waals surface area contributed by atoms with E-state index in [0.29, 0.717) is 12.1 Å². The van der Waals surface area contributed by atoms with Crippen molar-refractivity contribution in [1.29, 1.82) is 0 Å². The van der Waals surface area contributed by atoms with Crippen LogP contribution in [0.25, 0.3) is 0 Å². The van der Waals surface area contributed by atoms with Crippen LogP contribution >= 0.6 is 43.2 Å². The summed E-state index contributed by atoms with van der Waals surface area (Å²) in [5.41, 5.74) is 9.25. The second-order valence-electron chi connectivity index (χ2n) is 4.05. The molecule has 0 atom stereocenters. The zero-order valence-corrected chi connectivity index (χ0v) is 14.2. The SMILES string of the molecule is Cc1c(N)cccc1CNC(=O)c1cc(Br)sc1Br. The number of hydrogen-bond donors (Lipinski definition) is 2. The van der Waals surface area contributed by atoms with E-state index in [0.717, 1.165) is 24.4 Å². The van der Waals surface area contributed by atoms with Gasteiger partial charge in [-0.1, -0.05) is 12.1 Å². The van der Waals surface area contributed by atoms with Crippen molar-refractivity contribution < 1.29 is 4.79 Å². The Bertz CT molecular complexity index is 625. The summed E-state index contributed by atoms with van der Waals surface area (Å²) >= 11 is 8.22. The Balaban J connectivity index is 2.09. The van der Waals surface area contributed by atoms with Gasteiger partial charge >= 0.3 is 0 Å². The van der Waals surface area contributed by atoms with E-state index in [9.17, 15) is 4.79 Å². The van der Waals surface area contributed by atoms with E-state index in [1.165, 1.54) is 11.3 Å². The number of carbonyl (C=O) groups is 1. The van der Waals surface area contributed by atoms with Gasteiger partial charge in [0.25, 0.3) is 5.91 Å². The normalized spacial score (nSPS) is 10.5. The first kappa shape index (κ1) is 14.6. The van der Waals surface area contributed by atoms with Crippen LogP contribution in [0.15, 0.2) is 31.8 Å². The minimum atomic E-state index is -0.101. The first-order chi connectivity index (χ1) is 8.99. The molecule has 0 spiro atoms. The number of hydrogen-bond acceptors (Lipinski definition) is 3. The van der Waals surface area contributed by atoms with Gasteiger partial charge in [-0.25, -0.2) is 0 Å². The fraction of sp³-hybridized carbons (Fsp3) is 0.154. The summed E-state index contributed by atoms with van der Waals surface area (Å²) in [6, 6.07) is 7.51. The maximum atomic E-state index is 12.1. The van der Waals surface area contributed by atoms with Gasteiger partial charge in [0.1, 0.15) is 0 Å². The number of amides is 1. The quantitative estimate of drug-likeness (QED) is 0.758. The molecule has 0 unspecified atom stereocenters. The van der Waals surface area contributed by atoms with Crippen LogP contribution in [0.1, 0.15) is 21.5 Å². The maximum Gasteiger partial charge on any atom is 0.253 e. The number of nitrogen functional groups attached to an aromatic ring is 1. The van der Waals surface area contributed by atoms with Gasteiger partial charge in [-0.2, -0.15) is 0 Å². The largest absolute Gasteiger partial charge is 0.399 e. The first-order valence-corrected chi connectivity index (χ1v) is 7.96. The van der Waals surface area contributed by atoms with E-state index in [1.807, 2.05) is 25.1 Å². The topological polar surface area (TPSA) is 55.1 Å². The summed E-state index contributed by atoms with van der Waals surface area (Å²) in [6.07, 6.45) is 0. The molecule has 1 amide bonds. The molecule has 2 rings (SSSR count). The standard InChI is InChI=1S/C13H12Br2N2OS/c1-7-8(3-2-4-10(7)16)6-17-13(18)9-5-11(14)19-12(9)15/h2-5H,6,16H2,1H3,(H,17,18). The predicted octanol–water partition coefficient (Wildman–Crippen LogP) is 4.09. The summed E-state index contributed by atoms with van der Waals surface area (Å²) in [6.45, 7) is 2.42. The lowest BCUT2D eigenvalue weighted by Gasteiger charge is -2.09. The third-order valence-corrected chi connectivity index (χ3v) is 5.17. The lowest BCUT2D eigenvalue weighted by Crippen LogP contribution is -2.23. The predicted molar refractivity (Wildman–Crippen MR) is 86.5 cm³/mol. The highest BCUT2D eigenvalue weighted by molar-refractivity contribution is 9.12. The molecule has 2 aromatic rings. The number of nitrogens with two attached hydrogens (primary N) is 1. The van der Waals surface area contributed by atoms with Gasteiger partial charge in [-0.05, 0) is 62.0 Å². The minimum absolute atomic E-state index is 0.101. The molecule has 0 radical (unpaired) electrons.